The second-order valence-corrected chi connectivity index (χ2v) is 32.2. The highest BCUT2D eigenvalue weighted by atomic mass is 16.3. The summed E-state index contributed by atoms with van der Waals surface area (Å²) in [6.07, 6.45) is 0. The zero-order chi connectivity index (χ0) is 82.1. The second-order valence-electron chi connectivity index (χ2n) is 32.2. The largest absolute Gasteiger partial charge is 0.456 e. The van der Waals surface area contributed by atoms with Gasteiger partial charge in [-0.25, -0.2) is 29.9 Å². The molecule has 3 aliphatic rings. The number of hydrogen-bond donors (Lipinski definition) is 0. The van der Waals surface area contributed by atoms with Crippen LogP contribution in [0.1, 0.15) is 66.8 Å². The van der Waals surface area contributed by atoms with Crippen molar-refractivity contribution in [3.63, 3.8) is 0 Å². The molecule has 7 heteroatoms. The van der Waals surface area contributed by atoms with E-state index < -0.39 is 16.2 Å². The number of hydrogen-bond acceptors (Lipinski definition) is 7. The van der Waals surface area contributed by atoms with Crippen molar-refractivity contribution >= 4 is 21.9 Å². The third-order valence-corrected chi connectivity index (χ3v) is 25.5. The Hall–Kier alpha value is -16.2. The van der Waals surface area contributed by atoms with Gasteiger partial charge in [0.25, 0.3) is 0 Å². The van der Waals surface area contributed by atoms with E-state index in [4.69, 9.17) is 34.3 Å². The quantitative estimate of drug-likeness (QED) is 0.107. The summed E-state index contributed by atoms with van der Waals surface area (Å²) in [6.45, 7) is 0. The number of rotatable bonds is 14. The van der Waals surface area contributed by atoms with Gasteiger partial charge in [0.1, 0.15) is 11.2 Å². The van der Waals surface area contributed by atoms with E-state index in [9.17, 15) is 0 Å². The van der Waals surface area contributed by atoms with Crippen LogP contribution in [0.2, 0.25) is 0 Å². The van der Waals surface area contributed by atoms with E-state index >= 15 is 0 Å². The van der Waals surface area contributed by atoms with E-state index in [1.54, 1.807) is 0 Å². The standard InChI is InChI=1S/C59H39N3.C58H37N3O/c1-6-20-40(21-7-1)55-60-56(41-22-8-2-9-23-41)62-57(61-55)42-34-36-49-50-37-35-46(39-54(50)58(53(49)38-42,43-24-10-3-11-25-43)44-26-12-4-13-27-44)59(45-28-14-5-15-29-45)51-32-18-16-30-47(51)48-31-17-19-33-52(48)59;1-5-17-38(18-6-1)43-33-44(39-19-7-2-8-20-39)35-46(34-43)58(51-27-15-13-25-47(51)48-26-14-16-28-52(48)58)45-30-32-54-50(37-45)49-36-42(29-31-53(49)62-54)57-60-55(40-21-9-3-10-22-40)59-56(61-57)41-23-11-4-12-24-41/h1-39H;1-37H. The number of benzene rings is 18. The SMILES string of the molecule is c1ccc(-c2cc(-c3ccccc3)cc(C3(c4ccc5oc6ccc(-c7nc(-c8ccccc8)nc(-c8ccccc8)n7)cc6c5c4)c4ccccc4-c4ccccc43)c2)cc1.c1ccc(-c2nc(-c3ccccc3)nc(-c3ccc4c(c3)C(c3ccccc3)(c3ccccc3)c3cc(C5(c6ccccc6)c6ccccc6-c6ccccc65)ccc3-4)n2)cc1. The van der Waals surface area contributed by atoms with Crippen LogP contribution in [0.4, 0.5) is 0 Å². The summed E-state index contributed by atoms with van der Waals surface area (Å²) < 4.78 is 6.63. The van der Waals surface area contributed by atoms with Crippen molar-refractivity contribution in [2.24, 2.45) is 0 Å². The molecule has 0 aliphatic heterocycles. The van der Waals surface area contributed by atoms with E-state index in [0.717, 1.165) is 60.9 Å². The minimum atomic E-state index is -0.674. The maximum atomic E-state index is 6.63. The third-order valence-electron chi connectivity index (χ3n) is 25.5. The van der Waals surface area contributed by atoms with Crippen LogP contribution in [0.15, 0.2) is 465 Å². The maximum absolute atomic E-state index is 6.63. The molecule has 21 aromatic rings. The van der Waals surface area contributed by atoms with Gasteiger partial charge in [0.05, 0.1) is 16.2 Å². The van der Waals surface area contributed by atoms with Crippen LogP contribution in [-0.2, 0) is 16.2 Å². The summed E-state index contributed by atoms with van der Waals surface area (Å²) in [5.41, 5.74) is 32.3. The van der Waals surface area contributed by atoms with Crippen LogP contribution in [-0.4, -0.2) is 29.9 Å². The monoisotopic (exact) mass is 1580 g/mol. The van der Waals surface area contributed by atoms with E-state index in [1.165, 1.54) is 117 Å². The molecule has 0 saturated heterocycles. The van der Waals surface area contributed by atoms with Crippen molar-refractivity contribution in [3.8, 4) is 124 Å². The Morgan fingerprint density at radius 1 is 0.145 bits per heavy atom. The summed E-state index contributed by atoms with van der Waals surface area (Å²) in [6, 6.07) is 165. The van der Waals surface area contributed by atoms with Gasteiger partial charge in [0, 0.05) is 44.2 Å². The molecule has 0 saturated carbocycles. The molecule has 3 aromatic heterocycles. The van der Waals surface area contributed by atoms with Gasteiger partial charge < -0.3 is 4.42 Å². The smallest absolute Gasteiger partial charge is 0.164 e. The van der Waals surface area contributed by atoms with Gasteiger partial charge in [0.15, 0.2) is 34.9 Å². The lowest BCUT2D eigenvalue weighted by Gasteiger charge is -2.37. The maximum Gasteiger partial charge on any atom is 0.164 e. The van der Waals surface area contributed by atoms with Gasteiger partial charge in [0.2, 0.25) is 0 Å². The first kappa shape index (κ1) is 73.0. The average Bonchev–Trinajstić information content (AvgIpc) is 1.53. The van der Waals surface area contributed by atoms with Crippen molar-refractivity contribution < 1.29 is 4.42 Å². The minimum Gasteiger partial charge on any atom is -0.456 e. The average molecular weight is 1580 g/mol. The fourth-order valence-corrected chi connectivity index (χ4v) is 20.1. The lowest BCUT2D eigenvalue weighted by molar-refractivity contribution is 0.668. The normalized spacial score (nSPS) is 13.2. The molecule has 0 fully saturated rings. The molecular weight excluding hydrogens is 1510 g/mol. The first-order chi connectivity index (χ1) is 61.4. The highest BCUT2D eigenvalue weighted by molar-refractivity contribution is 6.07. The molecule has 0 radical (unpaired) electrons. The lowest BCUT2D eigenvalue weighted by atomic mass is 9.64. The molecule has 580 valence electrons. The van der Waals surface area contributed by atoms with Gasteiger partial charge in [-0.1, -0.05) is 406 Å². The van der Waals surface area contributed by atoms with E-state index in [2.05, 4.69) is 358 Å². The van der Waals surface area contributed by atoms with Gasteiger partial charge in [-0.3, -0.25) is 0 Å². The predicted octanol–water partition coefficient (Wildman–Crippen LogP) is 28.1. The fraction of sp³-hybridized carbons (Fsp3) is 0.0256. The van der Waals surface area contributed by atoms with E-state index in [1.807, 2.05) is 103 Å². The lowest BCUT2D eigenvalue weighted by Crippen LogP contribution is -2.31. The van der Waals surface area contributed by atoms with Crippen LogP contribution < -0.4 is 0 Å². The summed E-state index contributed by atoms with van der Waals surface area (Å²) in [4.78, 5) is 30.5. The highest BCUT2D eigenvalue weighted by Gasteiger charge is 2.51. The molecule has 3 aliphatic carbocycles. The Balaban J connectivity index is 0.000000143. The van der Waals surface area contributed by atoms with Crippen molar-refractivity contribution in [2.75, 3.05) is 0 Å². The summed E-state index contributed by atoms with van der Waals surface area (Å²) >= 11 is 0. The molecular formula is C117H76N6O. The van der Waals surface area contributed by atoms with Gasteiger partial charge in [-0.05, 0) is 177 Å². The summed E-state index contributed by atoms with van der Waals surface area (Å²) in [5.74, 6) is 3.77. The van der Waals surface area contributed by atoms with Gasteiger partial charge in [-0.15, -0.1) is 0 Å². The summed E-state index contributed by atoms with van der Waals surface area (Å²) in [7, 11) is 0. The Labute approximate surface area is 719 Å². The zero-order valence-electron chi connectivity index (χ0n) is 67.5. The van der Waals surface area contributed by atoms with Gasteiger partial charge in [-0.2, -0.15) is 0 Å². The predicted molar refractivity (Wildman–Crippen MR) is 502 cm³/mol. The molecule has 0 unspecified atom stereocenters. The topological polar surface area (TPSA) is 90.5 Å². The molecule has 24 rings (SSSR count). The molecule has 7 nitrogen and oxygen atoms in total. The Morgan fingerprint density at radius 3 is 0.790 bits per heavy atom. The summed E-state index contributed by atoms with van der Waals surface area (Å²) in [5, 5.41) is 2.03. The molecule has 0 N–H and O–H groups in total. The van der Waals surface area contributed by atoms with Crippen molar-refractivity contribution in [2.45, 2.75) is 16.2 Å². The molecule has 0 atom stereocenters. The van der Waals surface area contributed by atoms with Crippen LogP contribution in [0.5, 0.6) is 0 Å². The third kappa shape index (κ3) is 11.9. The van der Waals surface area contributed by atoms with Crippen LogP contribution in [0.25, 0.3) is 146 Å². The number of fused-ring (bicyclic) bond motifs is 12. The molecule has 3 heterocycles. The van der Waals surface area contributed by atoms with Crippen molar-refractivity contribution in [3.05, 3.63) is 528 Å². The zero-order valence-corrected chi connectivity index (χ0v) is 67.5. The second kappa shape index (κ2) is 30.2. The molecule has 0 spiro atoms. The van der Waals surface area contributed by atoms with Crippen molar-refractivity contribution in [1.82, 2.24) is 29.9 Å². The number of furan rings is 1. The molecule has 18 aromatic carbocycles. The Bertz CT molecular complexity index is 7330. The number of nitrogens with zero attached hydrogens (tertiary/aromatic N) is 6. The molecule has 124 heavy (non-hydrogen) atoms. The van der Waals surface area contributed by atoms with Crippen LogP contribution >= 0.6 is 0 Å². The Morgan fingerprint density at radius 2 is 0.403 bits per heavy atom. The molecule has 0 bridgehead atoms. The number of aromatic nitrogens is 6. The Kier molecular flexibility index (Phi) is 17.8. The highest BCUT2D eigenvalue weighted by Crippen LogP contribution is 2.62. The molecule has 0 amide bonds. The van der Waals surface area contributed by atoms with Crippen LogP contribution in [0, 0.1) is 0 Å². The van der Waals surface area contributed by atoms with Gasteiger partial charge >= 0.3 is 0 Å². The van der Waals surface area contributed by atoms with Crippen molar-refractivity contribution in [1.29, 1.82) is 0 Å². The minimum absolute atomic E-state index is 0.547. The van der Waals surface area contributed by atoms with Crippen LogP contribution in [0.3, 0.4) is 0 Å². The fourth-order valence-electron chi connectivity index (χ4n) is 20.1. The first-order valence-electron chi connectivity index (χ1n) is 42.3. The first-order valence-corrected chi connectivity index (χ1v) is 42.3. The van der Waals surface area contributed by atoms with E-state index in [-0.39, 0.29) is 0 Å². The van der Waals surface area contributed by atoms with E-state index in [0.29, 0.717) is 34.9 Å².